The minimum atomic E-state index is -0.784. The Balaban J connectivity index is 2.29. The highest BCUT2D eigenvalue weighted by atomic mass is 35.5. The number of benzene rings is 1. The van der Waals surface area contributed by atoms with E-state index in [1.165, 1.54) is 0 Å². The van der Waals surface area contributed by atoms with Crippen molar-refractivity contribution in [3.8, 4) is 6.07 Å². The molecule has 0 radical (unpaired) electrons. The molecule has 168 valence electrons. The number of carbonyl (C=O) groups is 2. The number of aliphatic hydroxyl groups is 1. The quantitative estimate of drug-likeness (QED) is 0.483. The summed E-state index contributed by atoms with van der Waals surface area (Å²) in [5.74, 6) is -0.771. The highest BCUT2D eigenvalue weighted by Gasteiger charge is 2.33. The van der Waals surface area contributed by atoms with E-state index in [1.807, 2.05) is 26.8 Å². The third-order valence-corrected chi connectivity index (χ3v) is 5.11. The van der Waals surface area contributed by atoms with Gasteiger partial charge in [0, 0.05) is 36.5 Å². The number of aryl methyl sites for hydroxylation is 1. The predicted octanol–water partition coefficient (Wildman–Crippen LogP) is 3.03. The lowest BCUT2D eigenvalue weighted by molar-refractivity contribution is -0.125. The lowest BCUT2D eigenvalue weighted by atomic mass is 9.86. The average Bonchev–Trinajstić information content (AvgIpc) is 3.06. The number of nitrogens with one attached hydrogen (secondary N) is 2. The second kappa shape index (κ2) is 11.1. The smallest absolute Gasteiger partial charge is 0.273 e. The Hall–Kier alpha value is -2.63. The van der Waals surface area contributed by atoms with Crippen molar-refractivity contribution in [2.75, 3.05) is 13.2 Å². The van der Waals surface area contributed by atoms with Crippen molar-refractivity contribution in [2.24, 2.45) is 5.41 Å². The first-order valence-electron chi connectivity index (χ1n) is 10.4. The molecule has 1 aromatic heterocycles. The van der Waals surface area contributed by atoms with Crippen molar-refractivity contribution in [3.63, 3.8) is 0 Å². The van der Waals surface area contributed by atoms with Crippen LogP contribution in [0.25, 0.3) is 10.9 Å². The van der Waals surface area contributed by atoms with Crippen LogP contribution in [0.5, 0.6) is 0 Å². The number of nitriles is 1. The first kappa shape index (κ1) is 24.6. The number of amides is 2. The summed E-state index contributed by atoms with van der Waals surface area (Å²) in [6.07, 6.45) is 2.41. The van der Waals surface area contributed by atoms with Gasteiger partial charge in [0.05, 0.1) is 11.6 Å². The van der Waals surface area contributed by atoms with Crippen molar-refractivity contribution >= 4 is 34.3 Å². The number of rotatable bonds is 10. The molecule has 0 bridgehead atoms. The van der Waals surface area contributed by atoms with Gasteiger partial charge in [0.2, 0.25) is 5.91 Å². The molecular formula is C22H30ClN5O3. The van der Waals surface area contributed by atoms with Gasteiger partial charge < -0.3 is 15.7 Å². The molecule has 1 heterocycles. The minimum absolute atomic E-state index is 0.0224. The van der Waals surface area contributed by atoms with Crippen LogP contribution < -0.4 is 10.6 Å². The van der Waals surface area contributed by atoms with E-state index in [2.05, 4.69) is 21.8 Å². The molecule has 0 saturated heterocycles. The topological polar surface area (TPSA) is 120 Å². The molecule has 31 heavy (non-hydrogen) atoms. The molecule has 0 aliphatic heterocycles. The highest BCUT2D eigenvalue weighted by molar-refractivity contribution is 6.31. The molecule has 0 aliphatic rings. The van der Waals surface area contributed by atoms with Crippen molar-refractivity contribution in [1.29, 1.82) is 5.26 Å². The first-order valence-corrected chi connectivity index (χ1v) is 10.8. The van der Waals surface area contributed by atoms with E-state index >= 15 is 0 Å². The molecule has 1 aromatic carbocycles. The fourth-order valence-electron chi connectivity index (χ4n) is 3.22. The molecule has 0 unspecified atom stereocenters. The monoisotopic (exact) mass is 447 g/mol. The number of unbranched alkanes of at least 4 members (excludes halogenated alkanes) is 2. The van der Waals surface area contributed by atoms with Gasteiger partial charge in [0.25, 0.3) is 5.91 Å². The van der Waals surface area contributed by atoms with Gasteiger partial charge in [0.15, 0.2) is 5.69 Å². The maximum Gasteiger partial charge on any atom is 0.273 e. The molecule has 2 rings (SSSR count). The zero-order valence-corrected chi connectivity index (χ0v) is 19.0. The van der Waals surface area contributed by atoms with Gasteiger partial charge in [-0.1, -0.05) is 32.4 Å². The summed E-state index contributed by atoms with van der Waals surface area (Å²) in [6.45, 7) is 6.47. The lowest BCUT2D eigenvalue weighted by Crippen LogP contribution is -2.53. The van der Waals surface area contributed by atoms with Gasteiger partial charge >= 0.3 is 0 Å². The van der Waals surface area contributed by atoms with E-state index in [0.29, 0.717) is 36.3 Å². The molecule has 8 nitrogen and oxygen atoms in total. The van der Waals surface area contributed by atoms with Crippen molar-refractivity contribution in [1.82, 2.24) is 20.4 Å². The third-order valence-electron chi connectivity index (χ3n) is 4.87. The predicted molar refractivity (Wildman–Crippen MR) is 120 cm³/mol. The Morgan fingerprint density at radius 1 is 1.29 bits per heavy atom. The fraction of sp³-hybridized carbons (Fsp3) is 0.545. The number of aromatic nitrogens is 2. The fourth-order valence-corrected chi connectivity index (χ4v) is 3.39. The van der Waals surface area contributed by atoms with E-state index < -0.39 is 17.4 Å². The minimum Gasteiger partial charge on any atom is -0.396 e. The van der Waals surface area contributed by atoms with Crippen molar-refractivity contribution in [2.45, 2.75) is 59.0 Å². The number of halogens is 1. The van der Waals surface area contributed by atoms with E-state index in [9.17, 15) is 9.59 Å². The van der Waals surface area contributed by atoms with Crippen LogP contribution in [0.15, 0.2) is 18.2 Å². The molecule has 0 saturated carbocycles. The molecule has 3 N–H and O–H groups in total. The highest BCUT2D eigenvalue weighted by Crippen LogP contribution is 2.25. The SMILES string of the molecule is CC(C)(C)[C@H](NC(=O)c1nn(CCCCC#N)c2ccc(Cl)cc12)C(=O)NCCCO. The second-order valence-corrected chi connectivity index (χ2v) is 8.93. The summed E-state index contributed by atoms with van der Waals surface area (Å²) in [7, 11) is 0. The molecule has 1 atom stereocenters. The Kier molecular flexibility index (Phi) is 8.84. The summed E-state index contributed by atoms with van der Waals surface area (Å²) >= 11 is 6.16. The summed E-state index contributed by atoms with van der Waals surface area (Å²) < 4.78 is 1.74. The molecule has 2 aromatic rings. The molecular weight excluding hydrogens is 418 g/mol. The van der Waals surface area contributed by atoms with Gasteiger partial charge in [-0.05, 0) is 42.9 Å². The molecule has 2 amide bonds. The van der Waals surface area contributed by atoms with Gasteiger partial charge in [-0.2, -0.15) is 10.4 Å². The van der Waals surface area contributed by atoms with E-state index in [-0.39, 0.29) is 18.2 Å². The van der Waals surface area contributed by atoms with Gasteiger partial charge in [0.1, 0.15) is 6.04 Å². The van der Waals surface area contributed by atoms with Crippen molar-refractivity contribution < 1.29 is 14.7 Å². The van der Waals surface area contributed by atoms with Crippen LogP contribution in [0.4, 0.5) is 0 Å². The first-order chi connectivity index (χ1) is 14.7. The van der Waals surface area contributed by atoms with Crippen LogP contribution in [0.2, 0.25) is 5.02 Å². The lowest BCUT2D eigenvalue weighted by Gasteiger charge is -2.30. The number of hydrogen-bond acceptors (Lipinski definition) is 5. The van der Waals surface area contributed by atoms with E-state index in [1.54, 1.807) is 16.8 Å². The second-order valence-electron chi connectivity index (χ2n) is 8.49. The number of carbonyl (C=O) groups excluding carboxylic acids is 2. The molecule has 0 fully saturated rings. The summed E-state index contributed by atoms with van der Waals surface area (Å²) in [5.41, 5.74) is 0.438. The standard InChI is InChI=1S/C22H30ClN5O3/c1-22(2,3)19(21(31)25-11-7-13-29)26-20(30)18-16-14-15(23)8-9-17(16)28(27-18)12-6-4-5-10-24/h8-9,14,19,29H,4-7,11-13H2,1-3H3,(H,25,31)(H,26,30)/t19-/m1/s1. The van der Waals surface area contributed by atoms with Crippen LogP contribution in [0.1, 0.15) is 56.9 Å². The molecule has 9 heteroatoms. The number of aliphatic hydroxyl groups excluding tert-OH is 1. The number of fused-ring (bicyclic) bond motifs is 1. The van der Waals surface area contributed by atoms with Crippen LogP contribution in [-0.2, 0) is 11.3 Å². The zero-order valence-electron chi connectivity index (χ0n) is 18.2. The van der Waals surface area contributed by atoms with Gasteiger partial charge in [-0.25, -0.2) is 0 Å². The van der Waals surface area contributed by atoms with Crippen LogP contribution >= 0.6 is 11.6 Å². The van der Waals surface area contributed by atoms with Gasteiger partial charge in [-0.15, -0.1) is 0 Å². The van der Waals surface area contributed by atoms with E-state index in [0.717, 1.165) is 18.4 Å². The van der Waals surface area contributed by atoms with Crippen LogP contribution in [0, 0.1) is 16.7 Å². The zero-order chi connectivity index (χ0) is 23.0. The largest absolute Gasteiger partial charge is 0.396 e. The third kappa shape index (κ3) is 6.68. The maximum absolute atomic E-state index is 13.2. The summed E-state index contributed by atoms with van der Waals surface area (Å²) in [4.78, 5) is 25.8. The molecule has 0 spiro atoms. The number of hydrogen-bond donors (Lipinski definition) is 3. The van der Waals surface area contributed by atoms with Crippen LogP contribution in [0.3, 0.4) is 0 Å². The van der Waals surface area contributed by atoms with E-state index in [4.69, 9.17) is 22.0 Å². The van der Waals surface area contributed by atoms with Crippen LogP contribution in [-0.4, -0.2) is 45.9 Å². The Bertz CT molecular complexity index is 958. The summed E-state index contributed by atoms with van der Waals surface area (Å²) in [5, 5.41) is 28.8. The number of nitrogens with zero attached hydrogens (tertiary/aromatic N) is 3. The average molecular weight is 448 g/mol. The normalized spacial score (nSPS) is 12.4. The maximum atomic E-state index is 13.2. The molecule has 0 aliphatic carbocycles. The Labute approximate surface area is 187 Å². The van der Waals surface area contributed by atoms with Gasteiger partial charge in [-0.3, -0.25) is 14.3 Å². The Morgan fingerprint density at radius 2 is 2.03 bits per heavy atom. The summed E-state index contributed by atoms with van der Waals surface area (Å²) in [6, 6.07) is 6.59. The Morgan fingerprint density at radius 3 is 2.68 bits per heavy atom. The van der Waals surface area contributed by atoms with Crippen molar-refractivity contribution in [3.05, 3.63) is 28.9 Å².